The van der Waals surface area contributed by atoms with Gasteiger partial charge in [-0.15, -0.1) is 0 Å². The highest BCUT2D eigenvalue weighted by Gasteiger charge is 2.14. The molecule has 6 heteroatoms. The summed E-state index contributed by atoms with van der Waals surface area (Å²) >= 11 is 5.54. The van der Waals surface area contributed by atoms with Crippen molar-refractivity contribution in [3.63, 3.8) is 0 Å². The molecule has 0 saturated heterocycles. The van der Waals surface area contributed by atoms with E-state index in [1.165, 1.54) is 17.5 Å². The van der Waals surface area contributed by atoms with Crippen LogP contribution in [0.1, 0.15) is 24.1 Å². The van der Waals surface area contributed by atoms with E-state index in [-0.39, 0.29) is 6.04 Å². The van der Waals surface area contributed by atoms with Crippen LogP contribution < -0.4 is 5.32 Å². The monoisotopic (exact) mass is 351 g/mol. The van der Waals surface area contributed by atoms with Crippen LogP contribution in [0.3, 0.4) is 0 Å². The van der Waals surface area contributed by atoms with E-state index in [1.54, 1.807) is 11.0 Å². The lowest BCUT2D eigenvalue weighted by Crippen LogP contribution is -2.38. The second kappa shape index (κ2) is 7.90. The molecular formula is C19H21N5S. The van der Waals surface area contributed by atoms with Crippen molar-refractivity contribution in [2.75, 3.05) is 7.05 Å². The van der Waals surface area contributed by atoms with Crippen LogP contribution in [0.4, 0.5) is 0 Å². The summed E-state index contributed by atoms with van der Waals surface area (Å²) in [5.41, 5.74) is 3.39. The van der Waals surface area contributed by atoms with Gasteiger partial charge in [-0.25, -0.2) is 9.67 Å². The van der Waals surface area contributed by atoms with E-state index < -0.39 is 0 Å². The second-order valence-corrected chi connectivity index (χ2v) is 6.25. The Kier molecular flexibility index (Phi) is 5.40. The zero-order valence-corrected chi connectivity index (χ0v) is 15.1. The molecule has 0 aliphatic rings. The molecule has 1 aromatic heterocycles. The molecule has 0 spiro atoms. The van der Waals surface area contributed by atoms with Crippen LogP contribution in [0.2, 0.25) is 0 Å². The summed E-state index contributed by atoms with van der Waals surface area (Å²) in [5, 5.41) is 8.19. The first-order chi connectivity index (χ1) is 12.1. The first-order valence-electron chi connectivity index (χ1n) is 8.14. The lowest BCUT2D eigenvalue weighted by atomic mass is 10.1. The van der Waals surface area contributed by atoms with Gasteiger partial charge in [0.2, 0.25) is 0 Å². The molecule has 0 saturated carbocycles. The van der Waals surface area contributed by atoms with Gasteiger partial charge in [0.15, 0.2) is 5.11 Å². The Bertz CT molecular complexity index is 800. The highest BCUT2D eigenvalue weighted by atomic mass is 32.1. The standard InChI is InChI=1S/C19H21N5S/c1-15(17-8-10-18(11-9-17)24-14-20-13-22-24)23(2)19(25)21-12-16-6-4-3-5-7-16/h3-11,13-15H,12H2,1-2H3,(H,21,25)/t15-/m1/s1. The fourth-order valence-electron chi connectivity index (χ4n) is 2.54. The van der Waals surface area contributed by atoms with Crippen molar-refractivity contribution in [3.8, 4) is 5.69 Å². The molecule has 1 N–H and O–H groups in total. The van der Waals surface area contributed by atoms with Gasteiger partial charge in [-0.05, 0) is 42.4 Å². The molecule has 0 aliphatic carbocycles. The molecule has 128 valence electrons. The van der Waals surface area contributed by atoms with Crippen LogP contribution in [0.5, 0.6) is 0 Å². The molecule has 0 radical (unpaired) electrons. The van der Waals surface area contributed by atoms with Crippen LogP contribution in [0, 0.1) is 0 Å². The zero-order chi connectivity index (χ0) is 17.6. The van der Waals surface area contributed by atoms with Crippen molar-refractivity contribution >= 4 is 17.3 Å². The fraction of sp³-hybridized carbons (Fsp3) is 0.211. The molecule has 25 heavy (non-hydrogen) atoms. The minimum atomic E-state index is 0.167. The van der Waals surface area contributed by atoms with E-state index in [4.69, 9.17) is 12.2 Å². The number of nitrogens with one attached hydrogen (secondary N) is 1. The molecular weight excluding hydrogens is 330 g/mol. The summed E-state index contributed by atoms with van der Waals surface area (Å²) in [7, 11) is 2.01. The highest BCUT2D eigenvalue weighted by molar-refractivity contribution is 7.80. The van der Waals surface area contributed by atoms with Crippen molar-refractivity contribution in [2.45, 2.75) is 19.5 Å². The van der Waals surface area contributed by atoms with Crippen molar-refractivity contribution in [2.24, 2.45) is 0 Å². The lowest BCUT2D eigenvalue weighted by molar-refractivity contribution is 0.395. The van der Waals surface area contributed by atoms with E-state index in [2.05, 4.69) is 51.5 Å². The van der Waals surface area contributed by atoms with Gasteiger partial charge in [0.25, 0.3) is 0 Å². The summed E-state index contributed by atoms with van der Waals surface area (Å²) in [5.74, 6) is 0. The molecule has 0 fully saturated rings. The Morgan fingerprint density at radius 2 is 1.88 bits per heavy atom. The van der Waals surface area contributed by atoms with E-state index in [9.17, 15) is 0 Å². The van der Waals surface area contributed by atoms with Crippen LogP contribution in [-0.4, -0.2) is 31.8 Å². The number of thiocarbonyl (C=S) groups is 1. The number of nitrogens with zero attached hydrogens (tertiary/aromatic N) is 4. The maximum Gasteiger partial charge on any atom is 0.169 e. The molecule has 0 aliphatic heterocycles. The quantitative estimate of drug-likeness (QED) is 0.715. The van der Waals surface area contributed by atoms with Crippen molar-refractivity contribution < 1.29 is 0 Å². The van der Waals surface area contributed by atoms with Crippen LogP contribution in [0.15, 0.2) is 67.3 Å². The van der Waals surface area contributed by atoms with E-state index in [0.717, 1.165) is 17.3 Å². The summed E-state index contributed by atoms with van der Waals surface area (Å²) in [4.78, 5) is 6.04. The van der Waals surface area contributed by atoms with Gasteiger partial charge in [0.1, 0.15) is 12.7 Å². The largest absolute Gasteiger partial charge is 0.358 e. The zero-order valence-electron chi connectivity index (χ0n) is 14.3. The lowest BCUT2D eigenvalue weighted by Gasteiger charge is -2.28. The normalized spacial score (nSPS) is 11.8. The highest BCUT2D eigenvalue weighted by Crippen LogP contribution is 2.20. The van der Waals surface area contributed by atoms with Gasteiger partial charge in [-0.3, -0.25) is 0 Å². The topological polar surface area (TPSA) is 46.0 Å². The van der Waals surface area contributed by atoms with Crippen molar-refractivity contribution in [1.82, 2.24) is 25.0 Å². The molecule has 1 heterocycles. The Morgan fingerprint density at radius 1 is 1.16 bits per heavy atom. The summed E-state index contributed by atoms with van der Waals surface area (Å²) in [6, 6.07) is 18.7. The Labute approximate surface area is 153 Å². The van der Waals surface area contributed by atoms with Gasteiger partial charge < -0.3 is 10.2 Å². The minimum Gasteiger partial charge on any atom is -0.358 e. The van der Waals surface area contributed by atoms with Gasteiger partial charge in [-0.2, -0.15) is 5.10 Å². The van der Waals surface area contributed by atoms with Gasteiger partial charge in [0.05, 0.1) is 11.7 Å². The maximum atomic E-state index is 5.54. The first kappa shape index (κ1) is 17.1. The Hall–Kier alpha value is -2.73. The molecule has 1 atom stereocenters. The minimum absolute atomic E-state index is 0.167. The van der Waals surface area contributed by atoms with Crippen LogP contribution in [0.25, 0.3) is 5.69 Å². The maximum absolute atomic E-state index is 5.54. The Morgan fingerprint density at radius 3 is 2.52 bits per heavy atom. The average molecular weight is 351 g/mol. The predicted molar refractivity (Wildman–Crippen MR) is 103 cm³/mol. The van der Waals surface area contributed by atoms with E-state index in [1.807, 2.05) is 37.4 Å². The third-order valence-electron chi connectivity index (χ3n) is 4.25. The number of hydrogen-bond donors (Lipinski definition) is 1. The molecule has 0 bridgehead atoms. The number of aromatic nitrogens is 3. The third-order valence-corrected chi connectivity index (χ3v) is 4.68. The smallest absolute Gasteiger partial charge is 0.169 e. The SMILES string of the molecule is C[C@H](c1ccc(-n2cncn2)cc1)N(C)C(=S)NCc1ccccc1. The van der Waals surface area contributed by atoms with Crippen molar-refractivity contribution in [1.29, 1.82) is 0 Å². The average Bonchev–Trinajstić information content (AvgIpc) is 3.20. The Balaban J connectivity index is 1.61. The molecule has 5 nitrogen and oxygen atoms in total. The molecule has 3 rings (SSSR count). The number of rotatable bonds is 5. The van der Waals surface area contributed by atoms with E-state index in [0.29, 0.717) is 0 Å². The summed E-state index contributed by atoms with van der Waals surface area (Å²) in [6.45, 7) is 2.86. The number of benzene rings is 2. The molecule has 3 aromatic rings. The van der Waals surface area contributed by atoms with Gasteiger partial charge in [0, 0.05) is 13.6 Å². The number of hydrogen-bond acceptors (Lipinski definition) is 3. The molecule has 0 unspecified atom stereocenters. The molecule has 2 aromatic carbocycles. The summed E-state index contributed by atoms with van der Waals surface area (Å²) in [6.07, 6.45) is 3.22. The van der Waals surface area contributed by atoms with Crippen LogP contribution >= 0.6 is 12.2 Å². The third kappa shape index (κ3) is 4.22. The van der Waals surface area contributed by atoms with Gasteiger partial charge in [-0.1, -0.05) is 42.5 Å². The second-order valence-electron chi connectivity index (χ2n) is 5.86. The first-order valence-corrected chi connectivity index (χ1v) is 8.55. The molecule has 0 amide bonds. The van der Waals surface area contributed by atoms with Gasteiger partial charge >= 0.3 is 0 Å². The van der Waals surface area contributed by atoms with Crippen LogP contribution in [-0.2, 0) is 6.54 Å². The van der Waals surface area contributed by atoms with Crippen molar-refractivity contribution in [3.05, 3.63) is 78.4 Å². The summed E-state index contributed by atoms with van der Waals surface area (Å²) < 4.78 is 1.74. The predicted octanol–water partition coefficient (Wildman–Crippen LogP) is 3.33. The van der Waals surface area contributed by atoms with E-state index >= 15 is 0 Å². The fourth-order valence-corrected chi connectivity index (χ4v) is 2.78.